The number of nitrogens with zero attached hydrogens (tertiary/aromatic N) is 1. The van der Waals surface area contributed by atoms with Crippen molar-refractivity contribution in [3.63, 3.8) is 0 Å². The van der Waals surface area contributed by atoms with Gasteiger partial charge < -0.3 is 20.4 Å². The second-order valence-corrected chi connectivity index (χ2v) is 9.27. The topological polar surface area (TPSA) is 79.0 Å². The minimum atomic E-state index is -2.70. The van der Waals surface area contributed by atoms with Crippen molar-refractivity contribution in [1.29, 1.82) is 0 Å². The zero-order valence-electron chi connectivity index (χ0n) is 18.2. The van der Waals surface area contributed by atoms with E-state index in [-0.39, 0.29) is 39.0 Å². The molecule has 3 aromatic rings. The lowest BCUT2D eigenvalue weighted by atomic mass is 9.87. The van der Waals surface area contributed by atoms with Crippen molar-refractivity contribution in [2.24, 2.45) is 5.92 Å². The molecule has 2 aromatic carbocycles. The number of fused-ring (bicyclic) bond motifs is 1. The van der Waals surface area contributed by atoms with Gasteiger partial charge in [0.2, 0.25) is 5.95 Å². The van der Waals surface area contributed by atoms with E-state index in [2.05, 4.69) is 27.5 Å². The lowest BCUT2D eigenvalue weighted by molar-refractivity contribution is 0.0790. The smallest absolute Gasteiger partial charge is 0.272 e. The van der Waals surface area contributed by atoms with E-state index in [1.54, 1.807) is 0 Å². The summed E-state index contributed by atoms with van der Waals surface area (Å²) in [6, 6.07) is 5.14. The Morgan fingerprint density at radius 1 is 1.18 bits per heavy atom. The summed E-state index contributed by atoms with van der Waals surface area (Å²) in [6.07, 6.45) is 1.05. The molecule has 3 N–H and O–H groups in total. The maximum absolute atomic E-state index is 13.5. The molecule has 1 amide bonds. The van der Waals surface area contributed by atoms with E-state index in [4.69, 9.17) is 27.9 Å². The van der Waals surface area contributed by atoms with Crippen molar-refractivity contribution >= 4 is 51.8 Å². The van der Waals surface area contributed by atoms with Gasteiger partial charge in [0.1, 0.15) is 18.2 Å². The number of amides is 1. The maximum Gasteiger partial charge on any atom is 0.272 e. The number of anilines is 2. The molecule has 11 heteroatoms. The van der Waals surface area contributed by atoms with Crippen LogP contribution in [0.15, 0.2) is 24.3 Å². The van der Waals surface area contributed by atoms with Crippen LogP contribution < -0.4 is 15.4 Å². The molecule has 1 aliphatic rings. The number of nitrogens with one attached hydrogen (secondary N) is 3. The fraction of sp³-hybridized carbons (Fsp3) is 0.391. The second kappa shape index (κ2) is 10.3. The van der Waals surface area contributed by atoms with Gasteiger partial charge in [-0.1, -0.05) is 30.1 Å². The Hall–Kier alpha value is -2.65. The summed E-state index contributed by atoms with van der Waals surface area (Å²) in [7, 11) is 0. The van der Waals surface area contributed by atoms with E-state index < -0.39 is 24.8 Å². The molecule has 0 atom stereocenters. The van der Waals surface area contributed by atoms with Gasteiger partial charge in [0.15, 0.2) is 0 Å². The summed E-state index contributed by atoms with van der Waals surface area (Å²) < 4.78 is 44.4. The van der Waals surface area contributed by atoms with E-state index >= 15 is 0 Å². The Morgan fingerprint density at radius 3 is 2.50 bits per heavy atom. The molecule has 0 saturated heterocycles. The van der Waals surface area contributed by atoms with Gasteiger partial charge in [0.25, 0.3) is 12.3 Å². The first-order chi connectivity index (χ1) is 16.2. The first-order valence-corrected chi connectivity index (χ1v) is 11.6. The van der Waals surface area contributed by atoms with Crippen LogP contribution in [0.25, 0.3) is 11.0 Å². The van der Waals surface area contributed by atoms with Gasteiger partial charge in [0, 0.05) is 12.1 Å². The molecular weight excluding hydrogens is 492 g/mol. The Balaban J connectivity index is 1.63. The average Bonchev–Trinajstić information content (AvgIpc) is 3.17. The molecule has 0 radical (unpaired) electrons. The van der Waals surface area contributed by atoms with Gasteiger partial charge in [-0.2, -0.15) is 0 Å². The molecule has 1 saturated carbocycles. The first-order valence-electron chi connectivity index (χ1n) is 10.9. The summed E-state index contributed by atoms with van der Waals surface area (Å²) in [5.41, 5.74) is 1.18. The molecule has 0 aliphatic heterocycles. The number of benzene rings is 2. The maximum atomic E-state index is 13.5. The number of carbonyl (C=O) groups excluding carboxylic acids is 1. The summed E-state index contributed by atoms with van der Waals surface area (Å²) >= 11 is 12.2. The van der Waals surface area contributed by atoms with Crippen molar-refractivity contribution < 1.29 is 22.7 Å². The number of rotatable bonds is 7. The summed E-state index contributed by atoms with van der Waals surface area (Å²) in [5.74, 6) is -0.152. The van der Waals surface area contributed by atoms with Gasteiger partial charge in [-0.3, -0.25) is 4.79 Å². The predicted molar refractivity (Wildman–Crippen MR) is 126 cm³/mol. The molecule has 1 fully saturated rings. The number of carbonyl (C=O) groups is 1. The number of aromatic nitrogens is 2. The lowest BCUT2D eigenvalue weighted by Crippen LogP contribution is -2.37. The molecule has 0 unspecified atom stereocenters. The van der Waals surface area contributed by atoms with Crippen LogP contribution in [0, 0.1) is 11.7 Å². The SMILES string of the molecule is C[C@H]1CC[C@H](NC(=O)c2cc3nc(Nc4c(Cl)cc(F)cc4Cl)[nH]c3cc2OCC(F)F)CC1. The fourth-order valence-corrected chi connectivity index (χ4v) is 4.55. The van der Waals surface area contributed by atoms with Crippen LogP contribution in [0.4, 0.5) is 24.8 Å². The van der Waals surface area contributed by atoms with Crippen LogP contribution in [0.1, 0.15) is 43.0 Å². The lowest BCUT2D eigenvalue weighted by Gasteiger charge is -2.27. The normalized spacial score (nSPS) is 18.3. The molecule has 0 bridgehead atoms. The van der Waals surface area contributed by atoms with Crippen molar-refractivity contribution in [2.45, 2.75) is 45.1 Å². The van der Waals surface area contributed by atoms with Crippen molar-refractivity contribution in [3.05, 3.63) is 45.7 Å². The zero-order chi connectivity index (χ0) is 24.4. The van der Waals surface area contributed by atoms with E-state index in [1.165, 1.54) is 12.1 Å². The van der Waals surface area contributed by atoms with E-state index in [9.17, 15) is 18.0 Å². The molecule has 1 aliphatic carbocycles. The number of hydrogen-bond donors (Lipinski definition) is 3. The number of hydrogen-bond acceptors (Lipinski definition) is 4. The number of imidazole rings is 1. The minimum absolute atomic E-state index is 0.0153. The molecule has 1 aromatic heterocycles. The number of ether oxygens (including phenoxy) is 1. The van der Waals surface area contributed by atoms with Gasteiger partial charge >= 0.3 is 0 Å². The van der Waals surface area contributed by atoms with Crippen LogP contribution in [-0.4, -0.2) is 34.9 Å². The third-order valence-electron chi connectivity index (χ3n) is 5.79. The van der Waals surface area contributed by atoms with Crippen LogP contribution in [0.5, 0.6) is 5.75 Å². The highest BCUT2D eigenvalue weighted by Gasteiger charge is 2.23. The summed E-state index contributed by atoms with van der Waals surface area (Å²) in [4.78, 5) is 20.4. The summed E-state index contributed by atoms with van der Waals surface area (Å²) in [6.45, 7) is 1.32. The third-order valence-corrected chi connectivity index (χ3v) is 6.39. The monoisotopic (exact) mass is 514 g/mol. The third kappa shape index (κ3) is 5.70. The molecule has 1 heterocycles. The standard InChI is InChI=1S/C23H23Cl2F3N4O2/c1-11-2-4-13(5-3-11)29-22(33)14-8-17-18(9-19(14)34-10-20(27)28)31-23(30-17)32-21-15(24)6-12(26)7-16(21)25/h6-9,11,13,20H,2-5,10H2,1H3,(H,29,33)(H2,30,31,32)/t11-,13-. The van der Waals surface area contributed by atoms with Crippen LogP contribution in [0.3, 0.4) is 0 Å². The molecule has 182 valence electrons. The van der Waals surface area contributed by atoms with Crippen molar-refractivity contribution in [1.82, 2.24) is 15.3 Å². The molecule has 6 nitrogen and oxygen atoms in total. The number of halogens is 5. The highest BCUT2D eigenvalue weighted by Crippen LogP contribution is 2.34. The minimum Gasteiger partial charge on any atom is -0.487 e. The quantitative estimate of drug-likeness (QED) is 0.327. The van der Waals surface area contributed by atoms with Crippen molar-refractivity contribution in [2.75, 3.05) is 11.9 Å². The second-order valence-electron chi connectivity index (χ2n) is 8.45. The Kier molecular flexibility index (Phi) is 7.42. The molecular formula is C23H23Cl2F3N4O2. The van der Waals surface area contributed by atoms with E-state index in [0.29, 0.717) is 17.0 Å². The van der Waals surface area contributed by atoms with Crippen LogP contribution in [-0.2, 0) is 0 Å². The highest BCUT2D eigenvalue weighted by molar-refractivity contribution is 6.39. The number of H-pyrrole nitrogens is 1. The predicted octanol–water partition coefficient (Wildman–Crippen LogP) is 6.70. The largest absolute Gasteiger partial charge is 0.487 e. The molecule has 34 heavy (non-hydrogen) atoms. The Bertz CT molecular complexity index is 1170. The van der Waals surface area contributed by atoms with E-state index in [0.717, 1.165) is 37.8 Å². The average molecular weight is 515 g/mol. The van der Waals surface area contributed by atoms with Gasteiger partial charge in [-0.15, -0.1) is 0 Å². The van der Waals surface area contributed by atoms with Crippen LogP contribution in [0.2, 0.25) is 10.0 Å². The van der Waals surface area contributed by atoms with Gasteiger partial charge in [0.05, 0.1) is 32.3 Å². The first kappa shape index (κ1) is 24.5. The van der Waals surface area contributed by atoms with Crippen molar-refractivity contribution in [3.8, 4) is 5.75 Å². The highest BCUT2D eigenvalue weighted by atomic mass is 35.5. The Labute approximate surface area is 204 Å². The van der Waals surface area contributed by atoms with Crippen LogP contribution >= 0.6 is 23.2 Å². The molecule has 0 spiro atoms. The number of alkyl halides is 2. The number of aromatic amines is 1. The van der Waals surface area contributed by atoms with E-state index in [1.807, 2.05) is 0 Å². The van der Waals surface area contributed by atoms with Gasteiger partial charge in [-0.25, -0.2) is 18.2 Å². The molecule has 4 rings (SSSR count). The van der Waals surface area contributed by atoms with Gasteiger partial charge in [-0.05, 0) is 49.8 Å². The zero-order valence-corrected chi connectivity index (χ0v) is 19.7. The Morgan fingerprint density at radius 2 is 1.85 bits per heavy atom. The fourth-order valence-electron chi connectivity index (χ4n) is 3.99. The summed E-state index contributed by atoms with van der Waals surface area (Å²) in [5, 5.41) is 5.97.